The lowest BCUT2D eigenvalue weighted by molar-refractivity contribution is -0.117. The SMILES string of the molecule is O=C(Nc1ccc(F)cc1)c1oc2ccccc2c1NC(=O)C1CC1c1cccs1. The van der Waals surface area contributed by atoms with Crippen molar-refractivity contribution in [3.05, 3.63) is 82.5 Å². The fraction of sp³-hybridized carbons (Fsp3) is 0.130. The average Bonchev–Trinajstić information content (AvgIpc) is 3.20. The van der Waals surface area contributed by atoms with E-state index in [9.17, 15) is 14.0 Å². The zero-order chi connectivity index (χ0) is 20.7. The highest BCUT2D eigenvalue weighted by Crippen LogP contribution is 2.49. The van der Waals surface area contributed by atoms with Crippen LogP contribution in [0.2, 0.25) is 0 Å². The minimum atomic E-state index is -0.515. The molecule has 1 aliphatic carbocycles. The summed E-state index contributed by atoms with van der Waals surface area (Å²) in [6, 6.07) is 16.6. The van der Waals surface area contributed by atoms with E-state index in [-0.39, 0.29) is 23.5 Å². The number of rotatable bonds is 5. The molecule has 30 heavy (non-hydrogen) atoms. The van der Waals surface area contributed by atoms with Gasteiger partial charge in [-0.3, -0.25) is 9.59 Å². The predicted molar refractivity (Wildman–Crippen MR) is 114 cm³/mol. The fourth-order valence-corrected chi connectivity index (χ4v) is 4.47. The van der Waals surface area contributed by atoms with E-state index in [1.807, 2.05) is 23.6 Å². The maximum absolute atomic E-state index is 13.1. The molecule has 150 valence electrons. The first-order chi connectivity index (χ1) is 14.6. The third-order valence-electron chi connectivity index (χ3n) is 5.19. The summed E-state index contributed by atoms with van der Waals surface area (Å²) in [5.74, 6) is -0.920. The molecule has 4 aromatic rings. The number of hydrogen-bond donors (Lipinski definition) is 2. The number of thiophene rings is 1. The smallest absolute Gasteiger partial charge is 0.293 e. The Morgan fingerprint density at radius 1 is 1.00 bits per heavy atom. The van der Waals surface area contributed by atoms with E-state index >= 15 is 0 Å². The zero-order valence-electron chi connectivity index (χ0n) is 15.7. The Balaban J connectivity index is 1.41. The summed E-state index contributed by atoms with van der Waals surface area (Å²) in [6.45, 7) is 0. The molecule has 2 amide bonds. The Kier molecular flexibility index (Phi) is 4.59. The third-order valence-corrected chi connectivity index (χ3v) is 6.19. The molecular weight excluding hydrogens is 403 g/mol. The number of hydrogen-bond acceptors (Lipinski definition) is 4. The second-order valence-corrected chi connectivity index (χ2v) is 8.20. The third kappa shape index (κ3) is 3.48. The molecule has 1 aliphatic rings. The number of nitrogens with one attached hydrogen (secondary N) is 2. The van der Waals surface area contributed by atoms with Crippen LogP contribution in [0.5, 0.6) is 0 Å². The summed E-state index contributed by atoms with van der Waals surface area (Å²) in [4.78, 5) is 26.9. The summed E-state index contributed by atoms with van der Waals surface area (Å²) < 4.78 is 18.9. The molecule has 2 N–H and O–H groups in total. The van der Waals surface area contributed by atoms with Gasteiger partial charge in [0.05, 0.1) is 0 Å². The first kappa shape index (κ1) is 18.6. The highest BCUT2D eigenvalue weighted by atomic mass is 32.1. The van der Waals surface area contributed by atoms with Gasteiger partial charge in [0.25, 0.3) is 5.91 Å². The summed E-state index contributed by atoms with van der Waals surface area (Å²) in [6.07, 6.45) is 0.791. The molecule has 0 saturated heterocycles. The van der Waals surface area contributed by atoms with Gasteiger partial charge >= 0.3 is 0 Å². The average molecular weight is 420 g/mol. The molecule has 2 aromatic carbocycles. The van der Waals surface area contributed by atoms with Crippen molar-refractivity contribution in [2.45, 2.75) is 12.3 Å². The number of benzene rings is 2. The summed E-state index contributed by atoms with van der Waals surface area (Å²) >= 11 is 1.65. The lowest BCUT2D eigenvalue weighted by Crippen LogP contribution is -2.18. The Labute approximate surface area is 175 Å². The Morgan fingerprint density at radius 3 is 2.57 bits per heavy atom. The molecule has 0 bridgehead atoms. The molecule has 7 heteroatoms. The Bertz CT molecular complexity index is 1230. The van der Waals surface area contributed by atoms with Gasteiger partial charge in [-0.05, 0) is 54.3 Å². The number of anilines is 2. The van der Waals surface area contributed by atoms with Gasteiger partial charge in [-0.1, -0.05) is 18.2 Å². The maximum atomic E-state index is 13.1. The number of carbonyl (C=O) groups is 2. The van der Waals surface area contributed by atoms with E-state index in [1.54, 1.807) is 29.5 Å². The standard InChI is InChI=1S/C23H17FN2O3S/c24-13-7-9-14(10-8-13)25-23(28)21-20(15-4-1-2-5-18(15)29-21)26-22(27)17-12-16(17)19-6-3-11-30-19/h1-11,16-17H,12H2,(H,25,28)(H,26,27). The predicted octanol–water partition coefficient (Wildman–Crippen LogP) is 5.63. The number of para-hydroxylation sites is 1. The number of carbonyl (C=O) groups excluding carboxylic acids is 2. The van der Waals surface area contributed by atoms with Crippen molar-refractivity contribution < 1.29 is 18.4 Å². The van der Waals surface area contributed by atoms with Crippen LogP contribution >= 0.6 is 11.3 Å². The fourth-order valence-electron chi connectivity index (χ4n) is 3.57. The molecular formula is C23H17FN2O3S. The minimum absolute atomic E-state index is 0.0159. The van der Waals surface area contributed by atoms with E-state index in [0.29, 0.717) is 22.3 Å². The molecule has 0 aliphatic heterocycles. The lowest BCUT2D eigenvalue weighted by Gasteiger charge is -2.07. The largest absolute Gasteiger partial charge is 0.449 e. The molecule has 5 nitrogen and oxygen atoms in total. The van der Waals surface area contributed by atoms with Crippen LogP contribution in [0, 0.1) is 11.7 Å². The van der Waals surface area contributed by atoms with Crippen molar-refractivity contribution in [2.75, 3.05) is 10.6 Å². The summed E-state index contributed by atoms with van der Waals surface area (Å²) in [7, 11) is 0. The summed E-state index contributed by atoms with van der Waals surface area (Å²) in [5, 5.41) is 8.26. The van der Waals surface area contributed by atoms with Gasteiger partial charge in [0.15, 0.2) is 0 Å². The van der Waals surface area contributed by atoms with Crippen LogP contribution in [-0.2, 0) is 4.79 Å². The van der Waals surface area contributed by atoms with Crippen molar-refractivity contribution in [3.8, 4) is 0 Å². The molecule has 0 spiro atoms. The van der Waals surface area contributed by atoms with Crippen molar-refractivity contribution in [2.24, 2.45) is 5.92 Å². The van der Waals surface area contributed by atoms with Gasteiger partial charge in [-0.15, -0.1) is 11.3 Å². The molecule has 1 fully saturated rings. The Hall–Kier alpha value is -3.45. The van der Waals surface area contributed by atoms with E-state index in [2.05, 4.69) is 10.6 Å². The normalized spacial score (nSPS) is 17.6. The number of furan rings is 1. The topological polar surface area (TPSA) is 71.3 Å². The van der Waals surface area contributed by atoms with E-state index in [1.165, 1.54) is 29.1 Å². The van der Waals surface area contributed by atoms with Crippen molar-refractivity contribution in [1.29, 1.82) is 0 Å². The van der Waals surface area contributed by atoms with Crippen molar-refractivity contribution in [1.82, 2.24) is 0 Å². The van der Waals surface area contributed by atoms with E-state index in [4.69, 9.17) is 4.42 Å². The van der Waals surface area contributed by atoms with Crippen molar-refractivity contribution >= 4 is 45.5 Å². The molecule has 2 aromatic heterocycles. The number of halogens is 1. The van der Waals surface area contributed by atoms with Crippen LogP contribution in [0.3, 0.4) is 0 Å². The van der Waals surface area contributed by atoms with Crippen LogP contribution in [0.25, 0.3) is 11.0 Å². The second-order valence-electron chi connectivity index (χ2n) is 7.22. The number of fused-ring (bicyclic) bond motifs is 1. The van der Waals surface area contributed by atoms with Gasteiger partial charge in [0.1, 0.15) is 17.1 Å². The van der Waals surface area contributed by atoms with Crippen LogP contribution in [0.4, 0.5) is 15.8 Å². The molecule has 2 atom stereocenters. The van der Waals surface area contributed by atoms with Crippen LogP contribution < -0.4 is 10.6 Å². The first-order valence-corrected chi connectivity index (χ1v) is 10.4. The van der Waals surface area contributed by atoms with Crippen LogP contribution in [0.15, 0.2) is 70.5 Å². The molecule has 1 saturated carbocycles. The first-order valence-electron chi connectivity index (χ1n) is 9.53. The Morgan fingerprint density at radius 2 is 1.80 bits per heavy atom. The molecule has 2 heterocycles. The van der Waals surface area contributed by atoms with Crippen LogP contribution in [0.1, 0.15) is 27.8 Å². The lowest BCUT2D eigenvalue weighted by atomic mass is 10.2. The van der Waals surface area contributed by atoms with E-state index in [0.717, 1.165) is 6.42 Å². The second kappa shape index (κ2) is 7.42. The highest BCUT2D eigenvalue weighted by Gasteiger charge is 2.45. The molecule has 0 radical (unpaired) electrons. The molecule has 2 unspecified atom stereocenters. The summed E-state index contributed by atoms with van der Waals surface area (Å²) in [5.41, 5.74) is 1.29. The zero-order valence-corrected chi connectivity index (χ0v) is 16.5. The van der Waals surface area contributed by atoms with Crippen molar-refractivity contribution in [3.63, 3.8) is 0 Å². The van der Waals surface area contributed by atoms with Gasteiger partial charge in [0, 0.05) is 27.8 Å². The van der Waals surface area contributed by atoms with Gasteiger partial charge < -0.3 is 15.1 Å². The quantitative estimate of drug-likeness (QED) is 0.440. The van der Waals surface area contributed by atoms with E-state index < -0.39 is 11.7 Å². The minimum Gasteiger partial charge on any atom is -0.449 e. The molecule has 5 rings (SSSR count). The maximum Gasteiger partial charge on any atom is 0.293 e. The number of amides is 2. The van der Waals surface area contributed by atoms with Gasteiger partial charge in [0.2, 0.25) is 11.7 Å². The van der Waals surface area contributed by atoms with Crippen LogP contribution in [-0.4, -0.2) is 11.8 Å². The highest BCUT2D eigenvalue weighted by molar-refractivity contribution is 7.10. The van der Waals surface area contributed by atoms with Gasteiger partial charge in [-0.25, -0.2) is 4.39 Å². The van der Waals surface area contributed by atoms with Gasteiger partial charge in [-0.2, -0.15) is 0 Å². The monoisotopic (exact) mass is 420 g/mol.